The van der Waals surface area contributed by atoms with Gasteiger partial charge >= 0.3 is 5.97 Å². The molecule has 1 N–H and O–H groups in total. The van der Waals surface area contributed by atoms with Crippen molar-refractivity contribution >= 4 is 23.5 Å². The fourth-order valence-electron chi connectivity index (χ4n) is 1.91. The Balaban J connectivity index is 2.88. The van der Waals surface area contributed by atoms with E-state index in [0.29, 0.717) is 17.1 Å². The molecule has 5 nitrogen and oxygen atoms in total. The van der Waals surface area contributed by atoms with Crippen molar-refractivity contribution in [3.63, 3.8) is 0 Å². The summed E-state index contributed by atoms with van der Waals surface area (Å²) < 4.78 is 4.68. The highest BCUT2D eigenvalue weighted by atomic mass is 35.5. The number of methoxy groups -OCH3 is 1. The SMILES string of the molecule is COC(=O)c1ccc(Cl)c(CNC(C)(C)C(=O)N(C)C)c1. The van der Waals surface area contributed by atoms with Crippen LogP contribution in [0.3, 0.4) is 0 Å². The average molecular weight is 313 g/mol. The first-order valence-corrected chi connectivity index (χ1v) is 6.90. The van der Waals surface area contributed by atoms with E-state index >= 15 is 0 Å². The van der Waals surface area contributed by atoms with E-state index in [-0.39, 0.29) is 5.91 Å². The van der Waals surface area contributed by atoms with Gasteiger partial charge in [0, 0.05) is 25.7 Å². The van der Waals surface area contributed by atoms with E-state index in [9.17, 15) is 9.59 Å². The second kappa shape index (κ2) is 6.91. The molecule has 0 unspecified atom stereocenters. The zero-order chi connectivity index (χ0) is 16.2. The summed E-state index contributed by atoms with van der Waals surface area (Å²) in [5.74, 6) is -0.459. The summed E-state index contributed by atoms with van der Waals surface area (Å²) in [7, 11) is 4.74. The highest BCUT2D eigenvalue weighted by molar-refractivity contribution is 6.31. The Morgan fingerprint density at radius 2 is 1.95 bits per heavy atom. The first kappa shape index (κ1) is 17.5. The molecule has 116 valence electrons. The molecular weight excluding hydrogens is 292 g/mol. The molecule has 21 heavy (non-hydrogen) atoms. The van der Waals surface area contributed by atoms with Crippen LogP contribution in [0, 0.1) is 0 Å². The Hall–Kier alpha value is -1.59. The van der Waals surface area contributed by atoms with Crippen molar-refractivity contribution in [1.82, 2.24) is 10.2 Å². The Morgan fingerprint density at radius 3 is 2.48 bits per heavy atom. The molecule has 0 radical (unpaired) electrons. The lowest BCUT2D eigenvalue weighted by atomic mass is 10.0. The normalized spacial score (nSPS) is 11.1. The van der Waals surface area contributed by atoms with E-state index in [1.165, 1.54) is 12.0 Å². The molecule has 6 heteroatoms. The molecule has 0 bridgehead atoms. The van der Waals surface area contributed by atoms with Gasteiger partial charge in [-0.25, -0.2) is 4.79 Å². The van der Waals surface area contributed by atoms with Crippen LogP contribution in [0.4, 0.5) is 0 Å². The van der Waals surface area contributed by atoms with Crippen LogP contribution >= 0.6 is 11.6 Å². The number of ether oxygens (including phenoxy) is 1. The summed E-state index contributed by atoms with van der Waals surface area (Å²) in [6.45, 7) is 3.97. The molecule has 1 rings (SSSR count). The van der Waals surface area contributed by atoms with Crippen molar-refractivity contribution in [2.75, 3.05) is 21.2 Å². The predicted octanol–water partition coefficient (Wildman–Crippen LogP) is 2.08. The minimum atomic E-state index is -0.728. The third kappa shape index (κ3) is 4.44. The number of hydrogen-bond donors (Lipinski definition) is 1. The number of likely N-dealkylation sites (N-methyl/N-ethyl adjacent to an activating group) is 1. The Bertz CT molecular complexity index is 542. The average Bonchev–Trinajstić information content (AvgIpc) is 2.44. The number of esters is 1. The van der Waals surface area contributed by atoms with E-state index in [1.54, 1.807) is 46.1 Å². The topological polar surface area (TPSA) is 58.6 Å². The minimum absolute atomic E-state index is 0.0391. The number of benzene rings is 1. The van der Waals surface area contributed by atoms with Crippen LogP contribution in [0.25, 0.3) is 0 Å². The fraction of sp³-hybridized carbons (Fsp3) is 0.467. The molecule has 1 amide bonds. The molecule has 0 aliphatic rings. The first-order valence-electron chi connectivity index (χ1n) is 6.52. The summed E-state index contributed by atoms with van der Waals surface area (Å²) >= 11 is 6.13. The van der Waals surface area contributed by atoms with Crippen LogP contribution in [0.1, 0.15) is 29.8 Å². The highest BCUT2D eigenvalue weighted by Crippen LogP contribution is 2.19. The maximum absolute atomic E-state index is 12.0. The Labute approximate surface area is 130 Å². The Kier molecular flexibility index (Phi) is 5.75. The van der Waals surface area contributed by atoms with Crippen LogP contribution in [0.5, 0.6) is 0 Å². The van der Waals surface area contributed by atoms with E-state index < -0.39 is 11.5 Å². The number of halogens is 1. The molecule has 0 aromatic heterocycles. The van der Waals surface area contributed by atoms with Crippen LogP contribution < -0.4 is 5.32 Å². The summed E-state index contributed by atoms with van der Waals surface area (Å²) in [5.41, 5.74) is 0.434. The Morgan fingerprint density at radius 1 is 1.33 bits per heavy atom. The molecule has 0 aliphatic heterocycles. The second-order valence-electron chi connectivity index (χ2n) is 5.48. The van der Waals surface area contributed by atoms with Gasteiger partial charge in [0.05, 0.1) is 18.2 Å². The van der Waals surface area contributed by atoms with Crippen molar-refractivity contribution in [2.24, 2.45) is 0 Å². The largest absolute Gasteiger partial charge is 0.465 e. The van der Waals surface area contributed by atoms with Crippen LogP contribution in [-0.4, -0.2) is 43.5 Å². The zero-order valence-electron chi connectivity index (χ0n) is 13.0. The summed E-state index contributed by atoms with van der Waals surface area (Å²) in [5, 5.41) is 3.68. The van der Waals surface area contributed by atoms with Crippen molar-refractivity contribution in [1.29, 1.82) is 0 Å². The van der Waals surface area contributed by atoms with Crippen molar-refractivity contribution in [3.8, 4) is 0 Å². The maximum atomic E-state index is 12.0. The van der Waals surface area contributed by atoms with E-state index in [2.05, 4.69) is 10.1 Å². The van der Waals surface area contributed by atoms with Gasteiger partial charge in [-0.3, -0.25) is 10.1 Å². The number of amides is 1. The number of nitrogens with one attached hydrogen (secondary N) is 1. The van der Waals surface area contributed by atoms with E-state index in [1.807, 2.05) is 0 Å². The monoisotopic (exact) mass is 312 g/mol. The number of carbonyl (C=O) groups excluding carboxylic acids is 2. The third-order valence-electron chi connectivity index (χ3n) is 3.13. The third-order valence-corrected chi connectivity index (χ3v) is 3.50. The van der Waals surface area contributed by atoms with Gasteiger partial charge in [0.15, 0.2) is 0 Å². The van der Waals surface area contributed by atoms with Gasteiger partial charge in [-0.15, -0.1) is 0 Å². The zero-order valence-corrected chi connectivity index (χ0v) is 13.7. The summed E-state index contributed by atoms with van der Waals surface area (Å²) in [6.07, 6.45) is 0. The molecule has 0 spiro atoms. The lowest BCUT2D eigenvalue weighted by Gasteiger charge is -2.28. The second-order valence-corrected chi connectivity index (χ2v) is 5.88. The standard InChI is InChI=1S/C15H21ClN2O3/c1-15(2,14(20)18(3)4)17-9-11-8-10(13(19)21-5)6-7-12(11)16/h6-8,17H,9H2,1-5H3. The molecule has 0 heterocycles. The van der Waals surface area contributed by atoms with Gasteiger partial charge in [0.25, 0.3) is 0 Å². The van der Waals surface area contributed by atoms with Gasteiger partial charge in [0.2, 0.25) is 5.91 Å². The van der Waals surface area contributed by atoms with Crippen molar-refractivity contribution in [3.05, 3.63) is 34.3 Å². The fourth-order valence-corrected chi connectivity index (χ4v) is 2.09. The van der Waals surface area contributed by atoms with Crippen molar-refractivity contribution < 1.29 is 14.3 Å². The highest BCUT2D eigenvalue weighted by Gasteiger charge is 2.28. The summed E-state index contributed by atoms with van der Waals surface area (Å²) in [4.78, 5) is 25.1. The van der Waals surface area contributed by atoms with Gasteiger partial charge in [-0.1, -0.05) is 11.6 Å². The number of rotatable bonds is 5. The smallest absolute Gasteiger partial charge is 0.337 e. The number of nitrogens with zero attached hydrogens (tertiary/aromatic N) is 1. The molecule has 1 aromatic rings. The van der Waals surface area contributed by atoms with E-state index in [0.717, 1.165) is 5.56 Å². The van der Waals surface area contributed by atoms with Gasteiger partial charge < -0.3 is 9.64 Å². The molecule has 0 fully saturated rings. The first-order chi connectivity index (χ1) is 9.69. The molecule has 0 atom stereocenters. The van der Waals surface area contributed by atoms with Crippen LogP contribution in [0.2, 0.25) is 5.02 Å². The molecule has 0 saturated carbocycles. The summed E-state index contributed by atoms with van der Waals surface area (Å²) in [6, 6.07) is 4.91. The number of carbonyl (C=O) groups is 2. The minimum Gasteiger partial charge on any atom is -0.465 e. The lowest BCUT2D eigenvalue weighted by Crippen LogP contribution is -2.51. The lowest BCUT2D eigenvalue weighted by molar-refractivity contribution is -0.134. The number of hydrogen-bond acceptors (Lipinski definition) is 4. The van der Waals surface area contributed by atoms with Gasteiger partial charge in [-0.2, -0.15) is 0 Å². The predicted molar refractivity (Wildman–Crippen MR) is 82.4 cm³/mol. The van der Waals surface area contributed by atoms with Crippen molar-refractivity contribution in [2.45, 2.75) is 25.9 Å². The van der Waals surface area contributed by atoms with E-state index in [4.69, 9.17) is 11.6 Å². The van der Waals surface area contributed by atoms with Crippen LogP contribution in [-0.2, 0) is 16.1 Å². The molecule has 1 aromatic carbocycles. The molecule has 0 aliphatic carbocycles. The van der Waals surface area contributed by atoms with Gasteiger partial charge in [-0.05, 0) is 37.6 Å². The molecular formula is C15H21ClN2O3. The quantitative estimate of drug-likeness (QED) is 0.846. The van der Waals surface area contributed by atoms with Crippen LogP contribution in [0.15, 0.2) is 18.2 Å². The molecule has 0 saturated heterocycles. The maximum Gasteiger partial charge on any atom is 0.337 e. The van der Waals surface area contributed by atoms with Gasteiger partial charge in [0.1, 0.15) is 0 Å².